The lowest BCUT2D eigenvalue weighted by Gasteiger charge is -2.28. The fourth-order valence-corrected chi connectivity index (χ4v) is 2.31. The fraction of sp³-hybridized carbons (Fsp3) is 0.500. The highest BCUT2D eigenvalue weighted by Gasteiger charge is 2.27. The Hall–Kier alpha value is -1.95. The number of phenolic OH excluding ortho intramolecular Hbond substituents is 1. The third-order valence-electron chi connectivity index (χ3n) is 3.47. The van der Waals surface area contributed by atoms with Crippen LogP contribution in [0.4, 0.5) is 0 Å². The van der Waals surface area contributed by atoms with Crippen LogP contribution in [0.15, 0.2) is 23.2 Å². The van der Waals surface area contributed by atoms with Crippen LogP contribution in [0, 0.1) is 0 Å². The van der Waals surface area contributed by atoms with Crippen molar-refractivity contribution in [1.29, 1.82) is 0 Å². The minimum Gasteiger partial charge on any atom is -0.504 e. The normalized spacial score (nSPS) is 18.5. The molecule has 1 atom stereocenters. The molecule has 0 saturated heterocycles. The van der Waals surface area contributed by atoms with Crippen molar-refractivity contribution in [3.63, 3.8) is 0 Å². The first-order chi connectivity index (χ1) is 9.52. The number of benzene rings is 1. The molecular formula is C14H22N4O2. The van der Waals surface area contributed by atoms with Crippen LogP contribution >= 0.6 is 0 Å². The van der Waals surface area contributed by atoms with Crippen molar-refractivity contribution in [2.75, 3.05) is 40.8 Å². The number of aliphatic imine (C=N–C) groups is 1. The van der Waals surface area contributed by atoms with E-state index in [1.54, 1.807) is 12.1 Å². The number of hydrogen-bond acceptors (Lipinski definition) is 6. The minimum absolute atomic E-state index is 0.0757. The van der Waals surface area contributed by atoms with Gasteiger partial charge in [-0.15, -0.1) is 0 Å². The van der Waals surface area contributed by atoms with Crippen LogP contribution in [-0.4, -0.2) is 61.7 Å². The van der Waals surface area contributed by atoms with E-state index >= 15 is 0 Å². The number of nitrogens with zero attached hydrogens (tertiary/aromatic N) is 3. The van der Waals surface area contributed by atoms with Crippen LogP contribution in [-0.2, 0) is 0 Å². The molecule has 3 N–H and O–H groups in total. The van der Waals surface area contributed by atoms with Gasteiger partial charge in [-0.1, -0.05) is 6.07 Å². The van der Waals surface area contributed by atoms with Gasteiger partial charge in [0.1, 0.15) is 0 Å². The van der Waals surface area contributed by atoms with Crippen molar-refractivity contribution >= 4 is 5.96 Å². The first-order valence-corrected chi connectivity index (χ1v) is 6.61. The number of nitrogens with two attached hydrogens (primary N) is 1. The predicted octanol–water partition coefficient (Wildman–Crippen LogP) is 0.634. The van der Waals surface area contributed by atoms with E-state index in [1.165, 1.54) is 7.11 Å². The Morgan fingerprint density at radius 3 is 2.85 bits per heavy atom. The number of likely N-dealkylation sites (N-methyl/N-ethyl adjacent to an activating group) is 1. The van der Waals surface area contributed by atoms with E-state index in [1.807, 2.05) is 20.2 Å². The van der Waals surface area contributed by atoms with E-state index < -0.39 is 0 Å². The quantitative estimate of drug-likeness (QED) is 0.826. The Bertz CT molecular complexity index is 502. The number of aromatic hydroxyl groups is 1. The zero-order valence-corrected chi connectivity index (χ0v) is 12.2. The van der Waals surface area contributed by atoms with Crippen LogP contribution in [0.1, 0.15) is 11.6 Å². The molecule has 0 amide bonds. The van der Waals surface area contributed by atoms with Crippen molar-refractivity contribution < 1.29 is 9.84 Å². The van der Waals surface area contributed by atoms with Crippen LogP contribution in [0.25, 0.3) is 0 Å². The third-order valence-corrected chi connectivity index (χ3v) is 3.47. The number of methoxy groups -OCH3 is 1. The molecule has 1 aliphatic heterocycles. The van der Waals surface area contributed by atoms with Crippen LogP contribution in [0.5, 0.6) is 11.5 Å². The monoisotopic (exact) mass is 278 g/mol. The maximum absolute atomic E-state index is 9.90. The average molecular weight is 278 g/mol. The second kappa shape index (κ2) is 6.00. The first-order valence-electron chi connectivity index (χ1n) is 6.61. The smallest absolute Gasteiger partial charge is 0.191 e. The molecule has 0 bridgehead atoms. The number of phenols is 1. The van der Waals surface area contributed by atoms with Crippen LogP contribution in [0.3, 0.4) is 0 Å². The predicted molar refractivity (Wildman–Crippen MR) is 79.1 cm³/mol. The fourth-order valence-electron chi connectivity index (χ4n) is 2.31. The van der Waals surface area contributed by atoms with Crippen molar-refractivity contribution in [2.24, 2.45) is 10.7 Å². The third kappa shape index (κ3) is 2.96. The van der Waals surface area contributed by atoms with Gasteiger partial charge in [-0.3, -0.25) is 4.99 Å². The van der Waals surface area contributed by atoms with Gasteiger partial charge in [0, 0.05) is 13.1 Å². The van der Waals surface area contributed by atoms with Gasteiger partial charge in [-0.25, -0.2) is 0 Å². The molecule has 0 aromatic heterocycles. The van der Waals surface area contributed by atoms with E-state index in [0.717, 1.165) is 18.7 Å². The number of guanidine groups is 1. The molecule has 0 saturated carbocycles. The van der Waals surface area contributed by atoms with E-state index in [2.05, 4.69) is 14.8 Å². The number of ether oxygens (including phenoxy) is 1. The Morgan fingerprint density at radius 2 is 2.25 bits per heavy atom. The van der Waals surface area contributed by atoms with E-state index in [0.29, 0.717) is 18.3 Å². The molecule has 0 radical (unpaired) electrons. The Morgan fingerprint density at radius 1 is 1.50 bits per heavy atom. The van der Waals surface area contributed by atoms with E-state index in [9.17, 15) is 5.11 Å². The molecule has 20 heavy (non-hydrogen) atoms. The summed E-state index contributed by atoms with van der Waals surface area (Å²) in [7, 11) is 5.59. The van der Waals surface area contributed by atoms with Gasteiger partial charge in [-0.2, -0.15) is 0 Å². The molecular weight excluding hydrogens is 256 g/mol. The first kappa shape index (κ1) is 14.5. The maximum atomic E-state index is 9.90. The van der Waals surface area contributed by atoms with Crippen molar-refractivity contribution in [3.8, 4) is 11.5 Å². The zero-order chi connectivity index (χ0) is 14.7. The average Bonchev–Trinajstić information content (AvgIpc) is 2.77. The lowest BCUT2D eigenvalue weighted by Crippen LogP contribution is -2.40. The number of rotatable bonds is 5. The summed E-state index contributed by atoms with van der Waals surface area (Å²) < 4.78 is 5.07. The standard InChI is InChI=1S/C14H22N4O2/c1-17(2)6-7-18-11(9-16-14(18)15)10-4-5-13(20-3)12(19)8-10/h4-5,8,11,19H,6-7,9H2,1-3H3,(H2,15,16). The SMILES string of the molecule is COc1ccc(C2CN=C(N)N2CCN(C)C)cc1O. The molecule has 1 aliphatic rings. The summed E-state index contributed by atoms with van der Waals surface area (Å²) in [6, 6.07) is 5.51. The van der Waals surface area contributed by atoms with Crippen molar-refractivity contribution in [2.45, 2.75) is 6.04 Å². The summed E-state index contributed by atoms with van der Waals surface area (Å²) in [5.41, 5.74) is 6.95. The second-order valence-corrected chi connectivity index (χ2v) is 5.14. The van der Waals surface area contributed by atoms with Gasteiger partial charge in [0.15, 0.2) is 17.5 Å². The summed E-state index contributed by atoms with van der Waals surface area (Å²) in [6.45, 7) is 2.32. The van der Waals surface area contributed by atoms with Gasteiger partial charge in [0.2, 0.25) is 0 Å². The lowest BCUT2D eigenvalue weighted by atomic mass is 10.1. The molecule has 110 valence electrons. The minimum atomic E-state index is 0.0757. The topological polar surface area (TPSA) is 74.3 Å². The highest BCUT2D eigenvalue weighted by Crippen LogP contribution is 2.32. The van der Waals surface area contributed by atoms with Gasteiger partial charge in [0.05, 0.1) is 19.7 Å². The maximum Gasteiger partial charge on any atom is 0.191 e. The molecule has 6 nitrogen and oxygen atoms in total. The molecule has 0 spiro atoms. The molecule has 1 unspecified atom stereocenters. The van der Waals surface area contributed by atoms with E-state index in [-0.39, 0.29) is 11.8 Å². The Balaban J connectivity index is 2.16. The Kier molecular flexibility index (Phi) is 4.34. The largest absolute Gasteiger partial charge is 0.504 e. The molecule has 1 heterocycles. The summed E-state index contributed by atoms with van der Waals surface area (Å²) in [6.07, 6.45) is 0. The van der Waals surface area contributed by atoms with Crippen molar-refractivity contribution in [1.82, 2.24) is 9.80 Å². The van der Waals surface area contributed by atoms with Gasteiger partial charge >= 0.3 is 0 Å². The molecule has 0 aliphatic carbocycles. The molecule has 0 fully saturated rings. The van der Waals surface area contributed by atoms with E-state index in [4.69, 9.17) is 10.5 Å². The highest BCUT2D eigenvalue weighted by atomic mass is 16.5. The van der Waals surface area contributed by atoms with Gasteiger partial charge < -0.3 is 25.4 Å². The van der Waals surface area contributed by atoms with Crippen LogP contribution < -0.4 is 10.5 Å². The van der Waals surface area contributed by atoms with Crippen molar-refractivity contribution in [3.05, 3.63) is 23.8 Å². The molecule has 2 rings (SSSR count). The number of hydrogen-bond donors (Lipinski definition) is 2. The zero-order valence-electron chi connectivity index (χ0n) is 12.2. The Labute approximate surface area is 119 Å². The summed E-state index contributed by atoms with van der Waals surface area (Å²) in [5.74, 6) is 1.18. The molecule has 1 aromatic carbocycles. The summed E-state index contributed by atoms with van der Waals surface area (Å²) in [4.78, 5) is 8.49. The lowest BCUT2D eigenvalue weighted by molar-refractivity contribution is 0.292. The molecule has 1 aromatic rings. The van der Waals surface area contributed by atoms with Gasteiger partial charge in [-0.05, 0) is 31.8 Å². The summed E-state index contributed by atoms with van der Waals surface area (Å²) in [5, 5.41) is 9.90. The second-order valence-electron chi connectivity index (χ2n) is 5.14. The summed E-state index contributed by atoms with van der Waals surface area (Å²) >= 11 is 0. The highest BCUT2D eigenvalue weighted by molar-refractivity contribution is 5.80. The van der Waals surface area contributed by atoms with Crippen LogP contribution in [0.2, 0.25) is 0 Å². The molecule has 6 heteroatoms. The van der Waals surface area contributed by atoms with Gasteiger partial charge in [0.25, 0.3) is 0 Å².